The third-order valence-electron chi connectivity index (χ3n) is 3.81. The Balaban J connectivity index is 1.61. The summed E-state index contributed by atoms with van der Waals surface area (Å²) >= 11 is 4.09. The van der Waals surface area contributed by atoms with Gasteiger partial charge in [-0.15, -0.1) is 23.5 Å². The van der Waals surface area contributed by atoms with Crippen molar-refractivity contribution in [1.82, 2.24) is 0 Å². The second-order valence-electron chi connectivity index (χ2n) is 4.92. The number of hydrogen-bond acceptors (Lipinski definition) is 4. The molecule has 2 aliphatic heterocycles. The van der Waals surface area contributed by atoms with Gasteiger partial charge >= 0.3 is 0 Å². The minimum atomic E-state index is 0.158. The van der Waals surface area contributed by atoms with Crippen molar-refractivity contribution in [3.05, 3.63) is 0 Å². The molecule has 1 saturated carbocycles. The first-order chi connectivity index (χ1) is 7.83. The first kappa shape index (κ1) is 11.7. The number of rotatable bonds is 0. The van der Waals surface area contributed by atoms with Gasteiger partial charge in [-0.2, -0.15) is 0 Å². The Morgan fingerprint density at radius 3 is 1.44 bits per heavy atom. The van der Waals surface area contributed by atoms with E-state index < -0.39 is 0 Å². The van der Waals surface area contributed by atoms with Crippen LogP contribution in [0.25, 0.3) is 0 Å². The van der Waals surface area contributed by atoms with Gasteiger partial charge in [0.25, 0.3) is 0 Å². The molecule has 3 fully saturated rings. The normalized spacial score (nSPS) is 45.0. The minimum Gasteiger partial charge on any atom is -0.364 e. The maximum Gasteiger partial charge on any atom is 0.114 e. The number of hydrogen-bond donors (Lipinski definition) is 0. The molecule has 3 aliphatic rings. The molecule has 0 aromatic rings. The highest BCUT2D eigenvalue weighted by atomic mass is 32.2. The van der Waals surface area contributed by atoms with Crippen molar-refractivity contribution in [3.8, 4) is 0 Å². The van der Waals surface area contributed by atoms with E-state index in [1.54, 1.807) is 0 Å². The molecule has 4 heteroatoms. The van der Waals surface area contributed by atoms with Crippen molar-refractivity contribution in [2.45, 2.75) is 48.4 Å². The van der Waals surface area contributed by atoms with Crippen LogP contribution < -0.4 is 0 Å². The van der Waals surface area contributed by atoms with Gasteiger partial charge in [0.05, 0.1) is 0 Å². The molecule has 3 rings (SSSR count). The number of thioether (sulfide) groups is 2. The zero-order valence-electron chi connectivity index (χ0n) is 9.70. The standard InChI is InChI=1S/C12H20O2S2/c1-7-13-11(15-9-1)3-5-12(6-4-11)14-8-2-10-16-12/h1-10H2. The van der Waals surface area contributed by atoms with Crippen LogP contribution in [-0.2, 0) is 9.47 Å². The van der Waals surface area contributed by atoms with Gasteiger partial charge in [0.1, 0.15) is 9.87 Å². The van der Waals surface area contributed by atoms with E-state index in [0.717, 1.165) is 13.2 Å². The Kier molecular flexibility index (Phi) is 3.44. The van der Waals surface area contributed by atoms with E-state index in [0.29, 0.717) is 0 Å². The highest BCUT2D eigenvalue weighted by molar-refractivity contribution is 8.01. The van der Waals surface area contributed by atoms with E-state index in [9.17, 15) is 0 Å². The molecule has 2 heterocycles. The first-order valence-corrected chi connectivity index (χ1v) is 8.36. The fourth-order valence-electron chi connectivity index (χ4n) is 2.82. The predicted octanol–water partition coefficient (Wildman–Crippen LogP) is 3.26. The van der Waals surface area contributed by atoms with Crippen LogP contribution >= 0.6 is 23.5 Å². The molecular formula is C12H20O2S2. The Morgan fingerprint density at radius 1 is 0.688 bits per heavy atom. The van der Waals surface area contributed by atoms with Crippen molar-refractivity contribution in [1.29, 1.82) is 0 Å². The van der Waals surface area contributed by atoms with Crippen LogP contribution in [0.15, 0.2) is 0 Å². The fraction of sp³-hybridized carbons (Fsp3) is 1.00. The summed E-state index contributed by atoms with van der Waals surface area (Å²) in [6.07, 6.45) is 7.19. The average molecular weight is 260 g/mol. The second kappa shape index (κ2) is 4.71. The van der Waals surface area contributed by atoms with Crippen LogP contribution in [0.4, 0.5) is 0 Å². The minimum absolute atomic E-state index is 0.158. The Labute approximate surface area is 106 Å². The van der Waals surface area contributed by atoms with Crippen molar-refractivity contribution in [2.24, 2.45) is 0 Å². The lowest BCUT2D eigenvalue weighted by atomic mass is 9.93. The monoisotopic (exact) mass is 260 g/mol. The van der Waals surface area contributed by atoms with Crippen LogP contribution in [0.5, 0.6) is 0 Å². The van der Waals surface area contributed by atoms with E-state index in [1.165, 1.54) is 50.0 Å². The molecular weight excluding hydrogens is 240 g/mol. The lowest BCUT2D eigenvalue weighted by molar-refractivity contribution is -0.0686. The Morgan fingerprint density at radius 2 is 1.12 bits per heavy atom. The zero-order valence-corrected chi connectivity index (χ0v) is 11.3. The van der Waals surface area contributed by atoms with Gasteiger partial charge in [0.15, 0.2) is 0 Å². The van der Waals surface area contributed by atoms with Gasteiger partial charge in [-0.25, -0.2) is 0 Å². The third-order valence-corrected chi connectivity index (χ3v) is 6.90. The summed E-state index contributed by atoms with van der Waals surface area (Å²) in [4.78, 5) is 0.315. The van der Waals surface area contributed by atoms with Crippen LogP contribution in [0.3, 0.4) is 0 Å². The van der Waals surface area contributed by atoms with E-state index in [4.69, 9.17) is 9.47 Å². The van der Waals surface area contributed by atoms with Gasteiger partial charge in [-0.1, -0.05) is 0 Å². The molecule has 0 unspecified atom stereocenters. The Bertz CT molecular complexity index is 207. The molecule has 2 spiro atoms. The summed E-state index contributed by atoms with van der Waals surface area (Å²) in [6.45, 7) is 1.93. The molecule has 0 atom stereocenters. The first-order valence-electron chi connectivity index (χ1n) is 6.39. The zero-order chi connectivity index (χ0) is 10.9. The molecule has 16 heavy (non-hydrogen) atoms. The highest BCUT2D eigenvalue weighted by Gasteiger charge is 2.46. The van der Waals surface area contributed by atoms with Crippen molar-refractivity contribution < 1.29 is 9.47 Å². The molecule has 0 amide bonds. The molecule has 1 aliphatic carbocycles. The fourth-order valence-corrected chi connectivity index (χ4v) is 5.41. The van der Waals surface area contributed by atoms with Crippen molar-refractivity contribution in [3.63, 3.8) is 0 Å². The molecule has 2 saturated heterocycles. The lowest BCUT2D eigenvalue weighted by Crippen LogP contribution is -2.45. The highest BCUT2D eigenvalue weighted by Crippen LogP contribution is 2.52. The summed E-state index contributed by atoms with van der Waals surface area (Å²) in [7, 11) is 0. The van der Waals surface area contributed by atoms with Gasteiger partial charge in [-0.3, -0.25) is 0 Å². The Hall–Kier alpha value is 0.620. The van der Waals surface area contributed by atoms with Gasteiger partial charge in [0.2, 0.25) is 0 Å². The predicted molar refractivity (Wildman–Crippen MR) is 70.0 cm³/mol. The molecule has 0 radical (unpaired) electrons. The largest absolute Gasteiger partial charge is 0.364 e. The quantitative estimate of drug-likeness (QED) is 0.665. The molecule has 0 aromatic heterocycles. The maximum absolute atomic E-state index is 6.04. The van der Waals surface area contributed by atoms with Crippen LogP contribution in [0, 0.1) is 0 Å². The van der Waals surface area contributed by atoms with E-state index in [1.807, 2.05) is 23.5 Å². The average Bonchev–Trinajstić information content (AvgIpc) is 2.36. The molecule has 0 N–H and O–H groups in total. The van der Waals surface area contributed by atoms with Crippen LogP contribution in [0.2, 0.25) is 0 Å². The molecule has 92 valence electrons. The second-order valence-corrected chi connectivity index (χ2v) is 7.80. The summed E-state index contributed by atoms with van der Waals surface area (Å²) in [6, 6.07) is 0. The topological polar surface area (TPSA) is 18.5 Å². The van der Waals surface area contributed by atoms with Crippen molar-refractivity contribution >= 4 is 23.5 Å². The lowest BCUT2D eigenvalue weighted by Gasteiger charge is -2.48. The van der Waals surface area contributed by atoms with Gasteiger partial charge in [-0.05, 0) is 50.0 Å². The number of ether oxygens (including phenoxy) is 2. The summed E-state index contributed by atoms with van der Waals surface area (Å²) < 4.78 is 12.1. The SMILES string of the molecule is C1COC2(CCC3(CC2)OCCCS3)SC1. The smallest absolute Gasteiger partial charge is 0.114 e. The van der Waals surface area contributed by atoms with E-state index >= 15 is 0 Å². The van der Waals surface area contributed by atoms with Crippen LogP contribution in [-0.4, -0.2) is 34.6 Å². The molecule has 2 nitrogen and oxygen atoms in total. The van der Waals surface area contributed by atoms with Crippen LogP contribution in [0.1, 0.15) is 38.5 Å². The third kappa shape index (κ3) is 2.26. The summed E-state index contributed by atoms with van der Waals surface area (Å²) in [5, 5.41) is 0. The van der Waals surface area contributed by atoms with Gasteiger partial charge in [0, 0.05) is 13.2 Å². The molecule has 0 bridgehead atoms. The summed E-state index contributed by atoms with van der Waals surface area (Å²) in [5.41, 5.74) is 0. The maximum atomic E-state index is 6.04. The van der Waals surface area contributed by atoms with E-state index in [2.05, 4.69) is 0 Å². The van der Waals surface area contributed by atoms with Crippen molar-refractivity contribution in [2.75, 3.05) is 24.7 Å². The van der Waals surface area contributed by atoms with E-state index in [-0.39, 0.29) is 9.87 Å². The summed E-state index contributed by atoms with van der Waals surface area (Å²) in [5.74, 6) is 2.56. The van der Waals surface area contributed by atoms with Gasteiger partial charge < -0.3 is 9.47 Å². The molecule has 0 aromatic carbocycles.